The van der Waals surface area contributed by atoms with Crippen molar-refractivity contribution in [2.45, 2.75) is 12.3 Å². The van der Waals surface area contributed by atoms with E-state index in [9.17, 15) is 18.4 Å². The van der Waals surface area contributed by atoms with Gasteiger partial charge < -0.3 is 5.11 Å². The molecule has 0 aliphatic heterocycles. The number of carboxylic acid groups (broad SMARTS) is 1. The zero-order valence-corrected chi connectivity index (χ0v) is 5.30. The summed E-state index contributed by atoms with van der Waals surface area (Å²) in [5.41, 5.74) is -0.528. The maximum Gasteiger partial charge on any atom is 0.331 e. The van der Waals surface area contributed by atoms with Crippen LogP contribution in [0, 0.1) is 0 Å². The van der Waals surface area contributed by atoms with Gasteiger partial charge in [0, 0.05) is 5.57 Å². The van der Waals surface area contributed by atoms with Gasteiger partial charge in [-0.05, 0) is 6.08 Å². The summed E-state index contributed by atoms with van der Waals surface area (Å²) in [5, 5.41) is 8.21. The number of carboxylic acids is 1. The number of hydrogen-bond acceptors (Lipinski definition) is 2. The van der Waals surface area contributed by atoms with E-state index in [2.05, 4.69) is 0 Å². The Kier molecular flexibility index (Phi) is 1.51. The molecule has 0 saturated heterocycles. The van der Waals surface area contributed by atoms with E-state index in [1.54, 1.807) is 0 Å². The smallest absolute Gasteiger partial charge is 0.331 e. The van der Waals surface area contributed by atoms with Gasteiger partial charge in [-0.25, -0.2) is 4.79 Å². The number of alkyl halides is 2. The first-order valence-corrected chi connectivity index (χ1v) is 2.79. The van der Waals surface area contributed by atoms with Crippen LogP contribution in [0.3, 0.4) is 0 Å². The lowest BCUT2D eigenvalue weighted by atomic mass is 10.2. The van der Waals surface area contributed by atoms with Crippen molar-refractivity contribution in [3.63, 3.8) is 0 Å². The zero-order chi connectivity index (χ0) is 8.65. The summed E-state index contributed by atoms with van der Waals surface area (Å²) in [7, 11) is 0. The summed E-state index contributed by atoms with van der Waals surface area (Å²) in [4.78, 5) is 20.4. The lowest BCUT2D eigenvalue weighted by Crippen LogP contribution is -2.22. The van der Waals surface area contributed by atoms with Gasteiger partial charge in [0.15, 0.2) is 0 Å². The first kappa shape index (κ1) is 7.84. The molecule has 11 heavy (non-hydrogen) atoms. The van der Waals surface area contributed by atoms with Gasteiger partial charge in [0.05, 0.1) is 6.42 Å². The van der Waals surface area contributed by atoms with Gasteiger partial charge in [-0.15, -0.1) is 0 Å². The number of halogens is 2. The number of carbonyl (C=O) groups excluding carboxylic acids is 1. The second-order valence-corrected chi connectivity index (χ2v) is 2.22. The highest BCUT2D eigenvalue weighted by atomic mass is 19.3. The van der Waals surface area contributed by atoms with E-state index in [1.165, 1.54) is 0 Å². The highest BCUT2D eigenvalue weighted by Gasteiger charge is 2.44. The van der Waals surface area contributed by atoms with E-state index in [4.69, 9.17) is 5.11 Å². The van der Waals surface area contributed by atoms with Crippen molar-refractivity contribution < 1.29 is 23.5 Å². The van der Waals surface area contributed by atoms with Crippen LogP contribution in [-0.2, 0) is 9.59 Å². The maximum atomic E-state index is 12.3. The Morgan fingerprint density at radius 3 is 2.36 bits per heavy atom. The molecule has 0 heterocycles. The van der Waals surface area contributed by atoms with E-state index in [1.807, 2.05) is 0 Å². The summed E-state index contributed by atoms with van der Waals surface area (Å²) in [6, 6.07) is 0. The number of allylic oxidation sites excluding steroid dienone is 1. The van der Waals surface area contributed by atoms with Crippen molar-refractivity contribution in [2.75, 3.05) is 0 Å². The molecular weight excluding hydrogens is 158 g/mol. The van der Waals surface area contributed by atoms with Crippen molar-refractivity contribution >= 4 is 11.8 Å². The molecule has 0 amide bonds. The quantitative estimate of drug-likeness (QED) is 0.614. The Labute approximate surface area is 60.3 Å². The van der Waals surface area contributed by atoms with E-state index < -0.39 is 29.7 Å². The van der Waals surface area contributed by atoms with E-state index in [0.29, 0.717) is 6.08 Å². The monoisotopic (exact) mass is 162 g/mol. The standard InChI is InChI=1S/C6H4F2O3/c7-6(8)2-3(5(10)11)1-4(6)9/h1H,2H2,(H,10,11). The van der Waals surface area contributed by atoms with Crippen molar-refractivity contribution in [3.05, 3.63) is 11.6 Å². The van der Waals surface area contributed by atoms with E-state index >= 15 is 0 Å². The molecule has 1 aliphatic rings. The van der Waals surface area contributed by atoms with Gasteiger partial charge in [0.2, 0.25) is 5.78 Å². The average molecular weight is 162 g/mol. The van der Waals surface area contributed by atoms with Crippen LogP contribution in [0.5, 0.6) is 0 Å². The maximum absolute atomic E-state index is 12.3. The first-order valence-electron chi connectivity index (χ1n) is 2.79. The SMILES string of the molecule is O=C(O)C1=CC(=O)C(F)(F)C1. The highest BCUT2D eigenvalue weighted by molar-refractivity contribution is 6.06. The van der Waals surface area contributed by atoms with Crippen molar-refractivity contribution in [1.82, 2.24) is 0 Å². The molecule has 0 unspecified atom stereocenters. The largest absolute Gasteiger partial charge is 0.478 e. The third-order valence-electron chi connectivity index (χ3n) is 1.35. The zero-order valence-electron chi connectivity index (χ0n) is 5.30. The minimum absolute atomic E-state index is 0.475. The third-order valence-corrected chi connectivity index (χ3v) is 1.35. The summed E-state index contributed by atoms with van der Waals surface area (Å²) in [5.74, 6) is -6.39. The van der Waals surface area contributed by atoms with Crippen LogP contribution in [0.25, 0.3) is 0 Å². The molecule has 1 N–H and O–H groups in total. The lowest BCUT2D eigenvalue weighted by molar-refractivity contribution is -0.136. The topological polar surface area (TPSA) is 54.4 Å². The van der Waals surface area contributed by atoms with Crippen LogP contribution >= 0.6 is 0 Å². The normalized spacial score (nSPS) is 21.6. The predicted molar refractivity (Wildman–Crippen MR) is 30.3 cm³/mol. The van der Waals surface area contributed by atoms with Gasteiger partial charge in [-0.2, -0.15) is 8.78 Å². The molecule has 1 aliphatic carbocycles. The lowest BCUT2D eigenvalue weighted by Gasteiger charge is -2.03. The Morgan fingerprint density at radius 1 is 1.64 bits per heavy atom. The number of carbonyl (C=O) groups is 2. The van der Waals surface area contributed by atoms with E-state index in [-0.39, 0.29) is 0 Å². The van der Waals surface area contributed by atoms with Crippen LogP contribution < -0.4 is 0 Å². The number of hydrogen-bond donors (Lipinski definition) is 1. The molecule has 0 fully saturated rings. The fourth-order valence-corrected chi connectivity index (χ4v) is 0.779. The molecule has 60 valence electrons. The molecule has 0 saturated carbocycles. The number of ketones is 1. The molecule has 1 rings (SSSR count). The van der Waals surface area contributed by atoms with Crippen molar-refractivity contribution in [1.29, 1.82) is 0 Å². The van der Waals surface area contributed by atoms with Gasteiger partial charge in [-0.1, -0.05) is 0 Å². The molecule has 3 nitrogen and oxygen atoms in total. The predicted octanol–water partition coefficient (Wildman–Crippen LogP) is 0.605. The molecule has 0 atom stereocenters. The van der Waals surface area contributed by atoms with Crippen LogP contribution in [0.15, 0.2) is 11.6 Å². The second kappa shape index (κ2) is 2.11. The molecule has 0 spiro atoms. The van der Waals surface area contributed by atoms with Crippen molar-refractivity contribution in [2.24, 2.45) is 0 Å². The Hall–Kier alpha value is -1.26. The fraction of sp³-hybridized carbons (Fsp3) is 0.333. The average Bonchev–Trinajstić information content (AvgIpc) is 2.08. The van der Waals surface area contributed by atoms with Gasteiger partial charge >= 0.3 is 11.9 Å². The van der Waals surface area contributed by atoms with Gasteiger partial charge in [0.1, 0.15) is 0 Å². The molecule has 0 bridgehead atoms. The van der Waals surface area contributed by atoms with Crippen LogP contribution in [0.1, 0.15) is 6.42 Å². The summed E-state index contributed by atoms with van der Waals surface area (Å²) in [6.45, 7) is 0. The number of rotatable bonds is 1. The van der Waals surface area contributed by atoms with Gasteiger partial charge in [0.25, 0.3) is 0 Å². The summed E-state index contributed by atoms with van der Waals surface area (Å²) in [6.07, 6.45) is -0.510. The number of aliphatic carboxylic acids is 1. The molecule has 0 aromatic heterocycles. The molecular formula is C6H4F2O3. The van der Waals surface area contributed by atoms with Crippen LogP contribution in [0.2, 0.25) is 0 Å². The molecule has 0 radical (unpaired) electrons. The van der Waals surface area contributed by atoms with E-state index in [0.717, 1.165) is 0 Å². The van der Waals surface area contributed by atoms with Gasteiger partial charge in [-0.3, -0.25) is 4.79 Å². The molecule has 5 heteroatoms. The van der Waals surface area contributed by atoms with Crippen molar-refractivity contribution in [3.8, 4) is 0 Å². The molecule has 0 aromatic carbocycles. The highest BCUT2D eigenvalue weighted by Crippen LogP contribution is 2.31. The third kappa shape index (κ3) is 1.26. The van der Waals surface area contributed by atoms with Crippen LogP contribution in [0.4, 0.5) is 8.78 Å². The summed E-state index contributed by atoms with van der Waals surface area (Å²) < 4.78 is 24.6. The summed E-state index contributed by atoms with van der Waals surface area (Å²) >= 11 is 0. The molecule has 0 aromatic rings. The minimum Gasteiger partial charge on any atom is -0.478 e. The van der Waals surface area contributed by atoms with Crippen LogP contribution in [-0.4, -0.2) is 22.8 Å². The Morgan fingerprint density at radius 2 is 2.18 bits per heavy atom. The Bertz CT molecular complexity index is 255. The first-order chi connectivity index (χ1) is 4.93. The minimum atomic E-state index is -3.51. The Balaban J connectivity index is 2.88. The fourth-order valence-electron chi connectivity index (χ4n) is 0.779. The second-order valence-electron chi connectivity index (χ2n) is 2.22.